The van der Waals surface area contributed by atoms with Crippen LogP contribution in [0.15, 0.2) is 62.7 Å². The van der Waals surface area contributed by atoms with Crippen molar-refractivity contribution in [2.24, 2.45) is 0 Å². The van der Waals surface area contributed by atoms with Crippen LogP contribution in [-0.2, 0) is 13.1 Å². The van der Waals surface area contributed by atoms with Gasteiger partial charge < -0.3 is 10.2 Å². The summed E-state index contributed by atoms with van der Waals surface area (Å²) in [6.07, 6.45) is 2.93. The van der Waals surface area contributed by atoms with Crippen molar-refractivity contribution in [3.63, 3.8) is 0 Å². The van der Waals surface area contributed by atoms with Gasteiger partial charge in [-0.15, -0.1) is 0 Å². The number of nitrogens with zero attached hydrogens (tertiary/aromatic N) is 2. The Labute approximate surface area is 161 Å². The number of carbonyl (C=O) groups excluding carboxylic acids is 1. The fourth-order valence-corrected chi connectivity index (χ4v) is 2.93. The molecule has 2 heterocycles. The van der Waals surface area contributed by atoms with Crippen LogP contribution in [0, 0.1) is 0 Å². The highest BCUT2D eigenvalue weighted by Gasteiger charge is 2.27. The van der Waals surface area contributed by atoms with E-state index in [2.05, 4.69) is 4.98 Å². The van der Waals surface area contributed by atoms with Crippen molar-refractivity contribution in [2.45, 2.75) is 32.9 Å². The number of unbranched alkanes of at least 4 members (excludes halogenated alkanes) is 1. The van der Waals surface area contributed by atoms with Gasteiger partial charge in [0, 0.05) is 6.54 Å². The highest BCUT2D eigenvalue weighted by atomic mass is 16.3. The average Bonchev–Trinajstić information content (AvgIpc) is 3.22. The summed E-state index contributed by atoms with van der Waals surface area (Å²) in [4.78, 5) is 41.4. The lowest BCUT2D eigenvalue weighted by Crippen LogP contribution is -2.40. The number of nitrogens with one attached hydrogen (secondary N) is 1. The SMILES string of the molecule is CCCCn1c(N)c(N(Cc2ccccc2)C(=O)c2ccco2)c(=O)[nH]c1=O. The van der Waals surface area contributed by atoms with Crippen LogP contribution in [0.1, 0.15) is 35.9 Å². The quantitative estimate of drug-likeness (QED) is 0.651. The fourth-order valence-electron chi connectivity index (χ4n) is 2.93. The lowest BCUT2D eigenvalue weighted by atomic mass is 10.2. The first kappa shape index (κ1) is 19.2. The normalized spacial score (nSPS) is 10.8. The molecule has 0 radical (unpaired) electrons. The minimum atomic E-state index is -0.717. The predicted octanol–water partition coefficient (Wildman–Crippen LogP) is 2.36. The van der Waals surface area contributed by atoms with Gasteiger partial charge in [0.2, 0.25) is 0 Å². The van der Waals surface area contributed by atoms with Crippen LogP contribution in [-0.4, -0.2) is 15.5 Å². The van der Waals surface area contributed by atoms with E-state index < -0.39 is 17.2 Å². The molecule has 28 heavy (non-hydrogen) atoms. The van der Waals surface area contributed by atoms with Gasteiger partial charge in [-0.2, -0.15) is 0 Å². The molecule has 0 saturated heterocycles. The third-order valence-corrected chi connectivity index (χ3v) is 4.38. The van der Waals surface area contributed by atoms with Gasteiger partial charge in [-0.3, -0.25) is 24.0 Å². The molecule has 146 valence electrons. The molecule has 0 fully saturated rings. The molecule has 0 aliphatic carbocycles. The molecule has 0 aliphatic heterocycles. The van der Waals surface area contributed by atoms with Crippen molar-refractivity contribution in [1.29, 1.82) is 0 Å². The smallest absolute Gasteiger partial charge is 0.330 e. The average molecular weight is 382 g/mol. The summed E-state index contributed by atoms with van der Waals surface area (Å²) in [5.41, 5.74) is 5.61. The van der Waals surface area contributed by atoms with E-state index in [1.165, 1.54) is 21.8 Å². The molecule has 0 saturated carbocycles. The lowest BCUT2D eigenvalue weighted by molar-refractivity contribution is 0.0958. The Morgan fingerprint density at radius 1 is 1.18 bits per heavy atom. The number of amides is 1. The van der Waals surface area contributed by atoms with Crippen LogP contribution < -0.4 is 21.9 Å². The molecule has 0 spiro atoms. The summed E-state index contributed by atoms with van der Waals surface area (Å²) in [7, 11) is 0. The predicted molar refractivity (Wildman–Crippen MR) is 106 cm³/mol. The van der Waals surface area contributed by atoms with Crippen molar-refractivity contribution in [1.82, 2.24) is 9.55 Å². The Morgan fingerprint density at radius 2 is 1.93 bits per heavy atom. The van der Waals surface area contributed by atoms with Crippen LogP contribution in [0.4, 0.5) is 11.5 Å². The van der Waals surface area contributed by atoms with Gasteiger partial charge in [0.25, 0.3) is 11.5 Å². The van der Waals surface area contributed by atoms with Gasteiger partial charge in [0.05, 0.1) is 12.8 Å². The first-order valence-electron chi connectivity index (χ1n) is 9.04. The Balaban J connectivity index is 2.13. The highest BCUT2D eigenvalue weighted by Crippen LogP contribution is 2.22. The van der Waals surface area contributed by atoms with Gasteiger partial charge in [-0.25, -0.2) is 4.79 Å². The zero-order valence-corrected chi connectivity index (χ0v) is 15.6. The molecular weight excluding hydrogens is 360 g/mol. The molecular formula is C20H22N4O4. The number of anilines is 2. The van der Waals surface area contributed by atoms with Crippen LogP contribution in [0.5, 0.6) is 0 Å². The van der Waals surface area contributed by atoms with Crippen molar-refractivity contribution < 1.29 is 9.21 Å². The fraction of sp³-hybridized carbons (Fsp3) is 0.250. The van der Waals surface area contributed by atoms with Crippen molar-refractivity contribution in [2.75, 3.05) is 10.6 Å². The second kappa shape index (κ2) is 8.43. The largest absolute Gasteiger partial charge is 0.459 e. The molecule has 8 heteroatoms. The van der Waals surface area contributed by atoms with Gasteiger partial charge in [-0.05, 0) is 24.1 Å². The minimum Gasteiger partial charge on any atom is -0.459 e. The van der Waals surface area contributed by atoms with E-state index in [0.29, 0.717) is 13.0 Å². The van der Waals surface area contributed by atoms with E-state index in [1.807, 2.05) is 37.3 Å². The summed E-state index contributed by atoms with van der Waals surface area (Å²) in [6.45, 7) is 2.43. The van der Waals surface area contributed by atoms with Gasteiger partial charge in [-0.1, -0.05) is 43.7 Å². The zero-order chi connectivity index (χ0) is 20.1. The number of aromatic amines is 1. The number of aromatic nitrogens is 2. The number of furan rings is 1. The molecule has 0 bridgehead atoms. The molecule has 3 aromatic rings. The Morgan fingerprint density at radius 3 is 2.57 bits per heavy atom. The van der Waals surface area contributed by atoms with Crippen LogP contribution in [0.25, 0.3) is 0 Å². The number of carbonyl (C=O) groups is 1. The summed E-state index contributed by atoms with van der Waals surface area (Å²) >= 11 is 0. The lowest BCUT2D eigenvalue weighted by Gasteiger charge is -2.24. The van der Waals surface area contributed by atoms with Crippen molar-refractivity contribution in [3.8, 4) is 0 Å². The van der Waals surface area contributed by atoms with E-state index >= 15 is 0 Å². The number of H-pyrrole nitrogens is 1. The third kappa shape index (κ3) is 3.90. The second-order valence-corrected chi connectivity index (χ2v) is 6.35. The van der Waals surface area contributed by atoms with E-state index in [4.69, 9.17) is 10.2 Å². The molecule has 8 nitrogen and oxygen atoms in total. The van der Waals surface area contributed by atoms with E-state index in [9.17, 15) is 14.4 Å². The van der Waals surface area contributed by atoms with E-state index in [0.717, 1.165) is 12.0 Å². The molecule has 1 aromatic carbocycles. The zero-order valence-electron chi connectivity index (χ0n) is 15.6. The highest BCUT2D eigenvalue weighted by molar-refractivity contribution is 6.05. The van der Waals surface area contributed by atoms with E-state index in [1.54, 1.807) is 6.07 Å². The number of benzene rings is 1. The minimum absolute atomic E-state index is 0.0435. The molecule has 0 aliphatic rings. The summed E-state index contributed by atoms with van der Waals surface area (Å²) in [5, 5.41) is 0. The maximum Gasteiger partial charge on any atom is 0.330 e. The Hall–Kier alpha value is -3.55. The number of rotatable bonds is 7. The third-order valence-electron chi connectivity index (χ3n) is 4.38. The number of hydrogen-bond acceptors (Lipinski definition) is 5. The monoisotopic (exact) mass is 382 g/mol. The standard InChI is InChI=1S/C20H22N4O4/c1-2-3-11-23-17(21)16(18(25)22-20(23)27)24(13-14-8-5-4-6-9-14)19(26)15-10-7-12-28-15/h4-10,12H,2-3,11,13,21H2,1H3,(H,22,25,27). The molecule has 3 N–H and O–H groups in total. The Bertz CT molecular complexity index is 1050. The maximum absolute atomic E-state index is 13.1. The topological polar surface area (TPSA) is 114 Å². The first-order valence-corrected chi connectivity index (χ1v) is 9.04. The first-order chi connectivity index (χ1) is 13.5. The number of hydrogen-bond donors (Lipinski definition) is 2. The van der Waals surface area contributed by atoms with Gasteiger partial charge in [0.1, 0.15) is 5.82 Å². The van der Waals surface area contributed by atoms with Crippen molar-refractivity contribution >= 4 is 17.4 Å². The maximum atomic E-state index is 13.1. The molecule has 2 aromatic heterocycles. The summed E-state index contributed by atoms with van der Waals surface area (Å²) in [5.74, 6) is -0.495. The molecule has 0 unspecified atom stereocenters. The summed E-state index contributed by atoms with van der Waals surface area (Å²) < 4.78 is 6.51. The molecule has 3 rings (SSSR count). The van der Waals surface area contributed by atoms with Crippen LogP contribution in [0.3, 0.4) is 0 Å². The van der Waals surface area contributed by atoms with Crippen LogP contribution >= 0.6 is 0 Å². The number of nitrogen functional groups attached to an aromatic ring is 1. The van der Waals surface area contributed by atoms with Crippen molar-refractivity contribution in [3.05, 3.63) is 80.9 Å². The second-order valence-electron chi connectivity index (χ2n) is 6.35. The van der Waals surface area contributed by atoms with E-state index in [-0.39, 0.29) is 23.8 Å². The summed E-state index contributed by atoms with van der Waals surface area (Å²) in [6, 6.07) is 12.3. The van der Waals surface area contributed by atoms with Gasteiger partial charge >= 0.3 is 5.69 Å². The Kier molecular flexibility index (Phi) is 5.78. The number of nitrogens with two attached hydrogens (primary N) is 1. The van der Waals surface area contributed by atoms with Crippen LogP contribution in [0.2, 0.25) is 0 Å². The molecule has 1 amide bonds. The molecule has 0 atom stereocenters. The van der Waals surface area contributed by atoms with Gasteiger partial charge in [0.15, 0.2) is 11.4 Å².